The molecule has 0 saturated heterocycles. The van der Waals surface area contributed by atoms with Crippen LogP contribution in [0, 0.1) is 0 Å². The Morgan fingerprint density at radius 1 is 0.258 bits per heavy atom. The molecule has 2 heteroatoms. The van der Waals surface area contributed by atoms with Crippen molar-refractivity contribution in [3.8, 4) is 33.8 Å². The molecule has 0 N–H and O–H groups in total. The Hall–Kier alpha value is -5.86. The van der Waals surface area contributed by atoms with Crippen molar-refractivity contribution in [1.82, 2.24) is 0 Å². The second-order valence-electron chi connectivity index (χ2n) is 21.7. The maximum absolute atomic E-state index is 6.47. The molecule has 62 heavy (non-hydrogen) atoms. The molecule has 0 spiro atoms. The van der Waals surface area contributed by atoms with Crippen LogP contribution in [0.2, 0.25) is 0 Å². The third kappa shape index (κ3) is 6.61. The molecule has 2 nitrogen and oxygen atoms in total. The van der Waals surface area contributed by atoms with Crippen molar-refractivity contribution in [3.05, 3.63) is 144 Å². The lowest BCUT2D eigenvalue weighted by molar-refractivity contribution is 0.424. The van der Waals surface area contributed by atoms with E-state index in [1.807, 2.05) is 14.2 Å². The number of hydrogen-bond donors (Lipinski definition) is 0. The standard InChI is InChI=1S/C60H62O2/c1-57(2,3)35-23-27-43-47(31-35)55(61-13)48-32-36(58(4,5)6)24-28-44(48)53(43)51-39-19-15-17-21-41(39)52(42-22-18-16-20-40(42)51)54-45-29-25-37(59(7,8)9)33-49(45)56(62-14)50-34-38(60(10,11)12)26-30-46(50)54/h15-34H,1-14H3. The summed E-state index contributed by atoms with van der Waals surface area (Å²) in [5, 5.41) is 14.2. The van der Waals surface area contributed by atoms with Crippen molar-refractivity contribution in [1.29, 1.82) is 0 Å². The van der Waals surface area contributed by atoms with E-state index in [1.165, 1.54) is 87.6 Å². The highest BCUT2D eigenvalue weighted by Gasteiger charge is 2.28. The molecule has 0 aromatic heterocycles. The zero-order valence-electron chi connectivity index (χ0n) is 39.4. The molecule has 0 bridgehead atoms. The quantitative estimate of drug-likeness (QED) is 0.165. The Morgan fingerprint density at radius 3 is 0.629 bits per heavy atom. The van der Waals surface area contributed by atoms with Crippen molar-refractivity contribution in [2.24, 2.45) is 0 Å². The number of fused-ring (bicyclic) bond motifs is 6. The summed E-state index contributed by atoms with van der Waals surface area (Å²) in [6.07, 6.45) is 0. The second-order valence-corrected chi connectivity index (χ2v) is 21.7. The first-order valence-electron chi connectivity index (χ1n) is 22.3. The molecule has 0 atom stereocenters. The van der Waals surface area contributed by atoms with Gasteiger partial charge in [0.15, 0.2) is 0 Å². The van der Waals surface area contributed by atoms with E-state index >= 15 is 0 Å². The van der Waals surface area contributed by atoms with Crippen LogP contribution < -0.4 is 9.47 Å². The number of benzene rings is 9. The first kappa shape index (κ1) is 41.5. The minimum absolute atomic E-state index is 0.0339. The topological polar surface area (TPSA) is 18.5 Å². The van der Waals surface area contributed by atoms with Crippen LogP contribution >= 0.6 is 0 Å². The van der Waals surface area contributed by atoms with Gasteiger partial charge in [-0.25, -0.2) is 0 Å². The molecular formula is C60H62O2. The summed E-state index contributed by atoms with van der Waals surface area (Å²) >= 11 is 0. The zero-order chi connectivity index (χ0) is 44.3. The third-order valence-electron chi connectivity index (χ3n) is 13.4. The highest BCUT2D eigenvalue weighted by molar-refractivity contribution is 6.32. The molecule has 9 aromatic carbocycles. The summed E-state index contributed by atoms with van der Waals surface area (Å²) in [5.74, 6) is 1.86. The van der Waals surface area contributed by atoms with Gasteiger partial charge in [0.25, 0.3) is 0 Å². The smallest absolute Gasteiger partial charge is 0.134 e. The third-order valence-corrected chi connectivity index (χ3v) is 13.4. The summed E-state index contributed by atoms with van der Waals surface area (Å²) in [4.78, 5) is 0. The Morgan fingerprint density at radius 2 is 0.452 bits per heavy atom. The van der Waals surface area contributed by atoms with Crippen LogP contribution in [0.5, 0.6) is 11.5 Å². The van der Waals surface area contributed by atoms with Gasteiger partial charge in [0.05, 0.1) is 14.2 Å². The van der Waals surface area contributed by atoms with Crippen molar-refractivity contribution in [2.75, 3.05) is 14.2 Å². The molecular weight excluding hydrogens is 753 g/mol. The second kappa shape index (κ2) is 14.3. The maximum atomic E-state index is 6.47. The predicted octanol–water partition coefficient (Wildman–Crippen LogP) is 17.1. The molecule has 0 unspecified atom stereocenters. The van der Waals surface area contributed by atoms with E-state index in [4.69, 9.17) is 9.47 Å². The lowest BCUT2D eigenvalue weighted by atomic mass is 9.78. The van der Waals surface area contributed by atoms with Gasteiger partial charge in [-0.1, -0.05) is 180 Å². The normalized spacial score (nSPS) is 13.0. The Labute approximate surface area is 368 Å². The molecule has 0 amide bonds. The van der Waals surface area contributed by atoms with E-state index in [-0.39, 0.29) is 21.7 Å². The predicted molar refractivity (Wildman–Crippen MR) is 270 cm³/mol. The van der Waals surface area contributed by atoms with Gasteiger partial charge in [-0.2, -0.15) is 0 Å². The summed E-state index contributed by atoms with van der Waals surface area (Å²) in [6, 6.07) is 46.5. The minimum atomic E-state index is -0.0339. The fourth-order valence-corrected chi connectivity index (χ4v) is 9.89. The van der Waals surface area contributed by atoms with Crippen LogP contribution in [0.15, 0.2) is 121 Å². The fraction of sp³-hybridized carbons (Fsp3) is 0.300. The molecule has 0 aliphatic heterocycles. The van der Waals surface area contributed by atoms with Crippen LogP contribution in [-0.2, 0) is 21.7 Å². The fourth-order valence-electron chi connectivity index (χ4n) is 9.89. The van der Waals surface area contributed by atoms with Gasteiger partial charge in [0.2, 0.25) is 0 Å². The maximum Gasteiger partial charge on any atom is 0.134 e. The molecule has 0 fully saturated rings. The van der Waals surface area contributed by atoms with E-state index in [0.29, 0.717) is 0 Å². The van der Waals surface area contributed by atoms with Gasteiger partial charge >= 0.3 is 0 Å². The number of hydrogen-bond acceptors (Lipinski definition) is 2. The number of methoxy groups -OCH3 is 2. The highest BCUT2D eigenvalue weighted by Crippen LogP contribution is 2.54. The molecule has 0 aliphatic carbocycles. The van der Waals surface area contributed by atoms with Crippen molar-refractivity contribution in [2.45, 2.75) is 105 Å². The lowest BCUT2D eigenvalue weighted by Gasteiger charge is -2.26. The van der Waals surface area contributed by atoms with E-state index in [9.17, 15) is 0 Å². The highest BCUT2D eigenvalue weighted by atomic mass is 16.5. The Balaban J connectivity index is 1.51. The van der Waals surface area contributed by atoms with E-state index < -0.39 is 0 Å². The van der Waals surface area contributed by atoms with Gasteiger partial charge in [0, 0.05) is 21.5 Å². The molecule has 0 heterocycles. The summed E-state index contributed by atoms with van der Waals surface area (Å²) in [7, 11) is 3.67. The molecule has 0 saturated carbocycles. The van der Waals surface area contributed by atoms with Crippen LogP contribution in [0.25, 0.3) is 86.9 Å². The van der Waals surface area contributed by atoms with Crippen LogP contribution in [-0.4, -0.2) is 14.2 Å². The van der Waals surface area contributed by atoms with E-state index in [1.54, 1.807) is 0 Å². The largest absolute Gasteiger partial charge is 0.495 e. The van der Waals surface area contributed by atoms with E-state index in [2.05, 4.69) is 204 Å². The average molecular weight is 815 g/mol. The summed E-state index contributed by atoms with van der Waals surface area (Å²) in [6.45, 7) is 27.5. The average Bonchev–Trinajstić information content (AvgIpc) is 3.22. The van der Waals surface area contributed by atoms with Gasteiger partial charge in [-0.15, -0.1) is 0 Å². The van der Waals surface area contributed by atoms with Gasteiger partial charge < -0.3 is 9.47 Å². The number of ether oxygens (including phenoxy) is 2. The van der Waals surface area contributed by atoms with Crippen molar-refractivity contribution >= 4 is 64.6 Å². The Bertz CT molecular complexity index is 2850. The van der Waals surface area contributed by atoms with Gasteiger partial charge in [-0.05, 0) is 134 Å². The lowest BCUT2D eigenvalue weighted by Crippen LogP contribution is -2.11. The minimum Gasteiger partial charge on any atom is -0.495 e. The molecule has 9 rings (SSSR count). The molecule has 0 radical (unpaired) electrons. The number of rotatable bonds is 4. The van der Waals surface area contributed by atoms with Gasteiger partial charge in [0.1, 0.15) is 11.5 Å². The SMILES string of the molecule is COc1c2cc(C(C)(C)C)ccc2c(-c2c3ccccc3c(-c3c4ccc(C(C)(C)C)cc4c(OC)c4cc(C(C)(C)C)ccc34)c3ccccc23)c2ccc(C(C)(C)C)cc12. The van der Waals surface area contributed by atoms with Crippen LogP contribution in [0.1, 0.15) is 105 Å². The van der Waals surface area contributed by atoms with Crippen LogP contribution in [0.3, 0.4) is 0 Å². The molecule has 9 aromatic rings. The molecule has 0 aliphatic rings. The summed E-state index contributed by atoms with van der Waals surface area (Å²) < 4.78 is 12.9. The Kier molecular flexibility index (Phi) is 9.60. The first-order chi connectivity index (χ1) is 29.2. The molecule has 314 valence electrons. The van der Waals surface area contributed by atoms with Crippen LogP contribution in [0.4, 0.5) is 0 Å². The first-order valence-corrected chi connectivity index (χ1v) is 22.3. The monoisotopic (exact) mass is 814 g/mol. The summed E-state index contributed by atoms with van der Waals surface area (Å²) in [5.41, 5.74) is 9.98. The van der Waals surface area contributed by atoms with E-state index in [0.717, 1.165) is 33.0 Å². The zero-order valence-corrected chi connectivity index (χ0v) is 39.4. The van der Waals surface area contributed by atoms with Gasteiger partial charge in [-0.3, -0.25) is 0 Å². The van der Waals surface area contributed by atoms with Crippen molar-refractivity contribution in [3.63, 3.8) is 0 Å². The van der Waals surface area contributed by atoms with Crippen molar-refractivity contribution < 1.29 is 9.47 Å².